The van der Waals surface area contributed by atoms with Crippen molar-refractivity contribution in [2.45, 2.75) is 12.3 Å². The monoisotopic (exact) mass is 295 g/mol. The van der Waals surface area contributed by atoms with Crippen LogP contribution in [0.3, 0.4) is 0 Å². The van der Waals surface area contributed by atoms with E-state index in [1.807, 2.05) is 16.5 Å². The number of ether oxygens (including phenoxy) is 1. The Morgan fingerprint density at radius 1 is 1.50 bits per heavy atom. The van der Waals surface area contributed by atoms with E-state index in [4.69, 9.17) is 4.74 Å². The Kier molecular flexibility index (Phi) is 4.33. The van der Waals surface area contributed by atoms with Gasteiger partial charge in [-0.3, -0.25) is 4.79 Å². The highest BCUT2D eigenvalue weighted by Gasteiger charge is 2.38. The van der Waals surface area contributed by atoms with E-state index in [1.165, 1.54) is 5.01 Å². The predicted octanol–water partition coefficient (Wildman–Crippen LogP) is 1.04. The summed E-state index contributed by atoms with van der Waals surface area (Å²) in [5.74, 6) is 0.978. The van der Waals surface area contributed by atoms with E-state index in [9.17, 15) is 4.79 Å². The van der Waals surface area contributed by atoms with E-state index < -0.39 is 0 Å². The number of rotatable bonds is 5. The number of thiazole rings is 1. The normalized spacial score (nSPS) is 24.1. The Hall–Kier alpha value is -0.980. The molecule has 0 N–H and O–H groups in total. The molecule has 20 heavy (non-hydrogen) atoms. The molecule has 0 spiro atoms. The van der Waals surface area contributed by atoms with Gasteiger partial charge in [-0.1, -0.05) is 0 Å². The van der Waals surface area contributed by atoms with E-state index in [2.05, 4.69) is 9.88 Å². The van der Waals surface area contributed by atoms with Crippen LogP contribution in [0.4, 0.5) is 0 Å². The standard InChI is InChI=1S/C14H21N3O2S/c1-19-6-5-16-4-2-11(8-16)14(18)17-9-12(10-17)13-15-3-7-20-13/h3,7,11-12H,2,4-6,8-10H2,1H3. The molecule has 1 atom stereocenters. The van der Waals surface area contributed by atoms with Crippen molar-refractivity contribution >= 4 is 17.2 Å². The lowest BCUT2D eigenvalue weighted by Gasteiger charge is -2.39. The molecule has 6 heteroatoms. The van der Waals surface area contributed by atoms with Gasteiger partial charge in [0.1, 0.15) is 0 Å². The molecule has 5 nitrogen and oxygen atoms in total. The highest BCUT2D eigenvalue weighted by atomic mass is 32.1. The molecule has 2 aliphatic rings. The van der Waals surface area contributed by atoms with Crippen LogP contribution in [0.1, 0.15) is 17.3 Å². The van der Waals surface area contributed by atoms with Crippen molar-refractivity contribution in [2.24, 2.45) is 5.92 Å². The second-order valence-corrected chi connectivity index (χ2v) is 6.52. The second kappa shape index (κ2) is 6.20. The molecule has 0 aliphatic carbocycles. The minimum Gasteiger partial charge on any atom is -0.383 e. The predicted molar refractivity (Wildman–Crippen MR) is 77.9 cm³/mol. The van der Waals surface area contributed by atoms with E-state index >= 15 is 0 Å². The first kappa shape index (κ1) is 14.0. The highest BCUT2D eigenvalue weighted by molar-refractivity contribution is 7.09. The van der Waals surface area contributed by atoms with E-state index in [0.717, 1.165) is 45.8 Å². The second-order valence-electron chi connectivity index (χ2n) is 5.59. The van der Waals surface area contributed by atoms with Gasteiger partial charge in [-0.25, -0.2) is 4.98 Å². The summed E-state index contributed by atoms with van der Waals surface area (Å²) in [6, 6.07) is 0. The molecule has 3 heterocycles. The molecule has 0 bridgehead atoms. The van der Waals surface area contributed by atoms with Crippen molar-refractivity contribution in [2.75, 3.05) is 46.4 Å². The number of nitrogens with zero attached hydrogens (tertiary/aromatic N) is 3. The fourth-order valence-electron chi connectivity index (χ4n) is 2.97. The molecular formula is C14H21N3O2S. The first-order valence-corrected chi connectivity index (χ1v) is 8.05. The van der Waals surface area contributed by atoms with Crippen molar-refractivity contribution in [1.29, 1.82) is 0 Å². The SMILES string of the molecule is COCCN1CCC(C(=O)N2CC(c3nccs3)C2)C1. The van der Waals surface area contributed by atoms with Gasteiger partial charge in [-0.05, 0) is 13.0 Å². The number of hydrogen-bond donors (Lipinski definition) is 0. The summed E-state index contributed by atoms with van der Waals surface area (Å²) in [7, 11) is 1.72. The van der Waals surface area contributed by atoms with Gasteiger partial charge in [0.2, 0.25) is 5.91 Å². The minimum absolute atomic E-state index is 0.184. The molecule has 2 aliphatic heterocycles. The maximum atomic E-state index is 12.4. The van der Waals surface area contributed by atoms with Gasteiger partial charge in [-0.15, -0.1) is 11.3 Å². The smallest absolute Gasteiger partial charge is 0.227 e. The zero-order valence-corrected chi connectivity index (χ0v) is 12.6. The summed E-state index contributed by atoms with van der Waals surface area (Å²) in [6.45, 7) is 5.28. The zero-order chi connectivity index (χ0) is 13.9. The van der Waals surface area contributed by atoms with E-state index in [-0.39, 0.29) is 5.92 Å². The van der Waals surface area contributed by atoms with Crippen molar-refractivity contribution in [3.8, 4) is 0 Å². The number of methoxy groups -OCH3 is 1. The summed E-state index contributed by atoms with van der Waals surface area (Å²) in [4.78, 5) is 21.1. The van der Waals surface area contributed by atoms with Gasteiger partial charge >= 0.3 is 0 Å². The third kappa shape index (κ3) is 2.87. The van der Waals surface area contributed by atoms with Crippen LogP contribution < -0.4 is 0 Å². The summed E-state index contributed by atoms with van der Waals surface area (Å²) in [6.07, 6.45) is 2.83. The number of aromatic nitrogens is 1. The van der Waals surface area contributed by atoms with Crippen LogP contribution >= 0.6 is 11.3 Å². The average Bonchev–Trinajstić information content (AvgIpc) is 3.05. The van der Waals surface area contributed by atoms with Crippen molar-refractivity contribution in [3.63, 3.8) is 0 Å². The Morgan fingerprint density at radius 2 is 2.35 bits per heavy atom. The molecular weight excluding hydrogens is 274 g/mol. The largest absolute Gasteiger partial charge is 0.383 e. The van der Waals surface area contributed by atoms with E-state index in [1.54, 1.807) is 18.4 Å². The highest BCUT2D eigenvalue weighted by Crippen LogP contribution is 2.30. The molecule has 2 saturated heterocycles. The number of carbonyl (C=O) groups is 1. The molecule has 2 fully saturated rings. The maximum absolute atomic E-state index is 12.4. The number of carbonyl (C=O) groups excluding carboxylic acids is 1. The minimum atomic E-state index is 0.184. The van der Waals surface area contributed by atoms with Gasteiger partial charge in [0, 0.05) is 50.8 Å². The van der Waals surface area contributed by atoms with Crippen LogP contribution in [-0.2, 0) is 9.53 Å². The third-order valence-electron chi connectivity index (χ3n) is 4.23. The first-order chi connectivity index (χ1) is 9.78. The van der Waals surface area contributed by atoms with Crippen molar-refractivity contribution < 1.29 is 9.53 Å². The van der Waals surface area contributed by atoms with Crippen LogP contribution in [0.25, 0.3) is 0 Å². The Morgan fingerprint density at radius 3 is 3.05 bits per heavy atom. The third-order valence-corrected chi connectivity index (χ3v) is 5.17. The fourth-order valence-corrected chi connectivity index (χ4v) is 3.69. The lowest BCUT2D eigenvalue weighted by molar-refractivity contribution is -0.139. The quantitative estimate of drug-likeness (QED) is 0.814. The number of likely N-dealkylation sites (tertiary alicyclic amines) is 2. The van der Waals surface area contributed by atoms with Gasteiger partial charge in [0.05, 0.1) is 17.5 Å². The summed E-state index contributed by atoms with van der Waals surface area (Å²) < 4.78 is 5.09. The summed E-state index contributed by atoms with van der Waals surface area (Å²) in [5.41, 5.74) is 0. The average molecular weight is 295 g/mol. The molecule has 110 valence electrons. The van der Waals surface area contributed by atoms with Crippen molar-refractivity contribution in [3.05, 3.63) is 16.6 Å². The molecule has 1 amide bonds. The fraction of sp³-hybridized carbons (Fsp3) is 0.714. The van der Waals surface area contributed by atoms with Crippen LogP contribution in [0, 0.1) is 5.92 Å². The maximum Gasteiger partial charge on any atom is 0.227 e. The lowest BCUT2D eigenvalue weighted by Crippen LogP contribution is -2.51. The zero-order valence-electron chi connectivity index (χ0n) is 11.8. The molecule has 0 aromatic carbocycles. The van der Waals surface area contributed by atoms with Gasteiger partial charge in [0.15, 0.2) is 0 Å². The Balaban J connectivity index is 1.45. The Labute approximate surface area is 123 Å². The molecule has 0 radical (unpaired) electrons. The Bertz CT molecular complexity index is 445. The van der Waals surface area contributed by atoms with Crippen LogP contribution in [-0.4, -0.2) is 67.1 Å². The van der Waals surface area contributed by atoms with Gasteiger partial charge in [-0.2, -0.15) is 0 Å². The van der Waals surface area contributed by atoms with Gasteiger partial charge < -0.3 is 14.5 Å². The van der Waals surface area contributed by atoms with Crippen LogP contribution in [0.5, 0.6) is 0 Å². The number of amides is 1. The van der Waals surface area contributed by atoms with Crippen LogP contribution in [0.2, 0.25) is 0 Å². The van der Waals surface area contributed by atoms with E-state index in [0.29, 0.717) is 11.8 Å². The molecule has 0 saturated carbocycles. The molecule has 1 aromatic rings. The molecule has 1 aromatic heterocycles. The topological polar surface area (TPSA) is 45.7 Å². The first-order valence-electron chi connectivity index (χ1n) is 7.17. The van der Waals surface area contributed by atoms with Crippen LogP contribution in [0.15, 0.2) is 11.6 Å². The molecule has 3 rings (SSSR count). The van der Waals surface area contributed by atoms with Crippen molar-refractivity contribution in [1.82, 2.24) is 14.8 Å². The van der Waals surface area contributed by atoms with Gasteiger partial charge in [0.25, 0.3) is 0 Å². The number of hydrogen-bond acceptors (Lipinski definition) is 5. The summed E-state index contributed by atoms with van der Waals surface area (Å²) in [5, 5.41) is 3.17. The molecule has 1 unspecified atom stereocenters. The lowest BCUT2D eigenvalue weighted by atomic mass is 9.97. The summed E-state index contributed by atoms with van der Waals surface area (Å²) >= 11 is 1.69.